The number of benzene rings is 3. The number of carbonyl (C=O) groups excluding carboxylic acids is 2. The molecule has 1 aromatic heterocycles. The number of aromatic nitrogens is 1. The monoisotopic (exact) mass is 481 g/mol. The van der Waals surface area contributed by atoms with Crippen molar-refractivity contribution in [3.8, 4) is 11.5 Å². The zero-order chi connectivity index (χ0) is 25.1. The van der Waals surface area contributed by atoms with Crippen LogP contribution in [0.2, 0.25) is 0 Å². The smallest absolute Gasteiger partial charge is 0.253 e. The number of carbonyl (C=O) groups is 2. The first-order valence-corrected chi connectivity index (χ1v) is 12.7. The number of amides is 2. The van der Waals surface area contributed by atoms with E-state index in [2.05, 4.69) is 17.2 Å². The lowest BCUT2D eigenvalue weighted by Gasteiger charge is -2.34. The van der Waals surface area contributed by atoms with Crippen molar-refractivity contribution in [1.29, 1.82) is 0 Å². The van der Waals surface area contributed by atoms with Gasteiger partial charge in [0.1, 0.15) is 5.52 Å². The van der Waals surface area contributed by atoms with E-state index < -0.39 is 0 Å². The van der Waals surface area contributed by atoms with Gasteiger partial charge in [-0.1, -0.05) is 50.2 Å². The maximum Gasteiger partial charge on any atom is 0.253 e. The Hall–Kier alpha value is -3.93. The van der Waals surface area contributed by atoms with E-state index in [-0.39, 0.29) is 23.7 Å². The number of hydrogen-bond donors (Lipinski definition) is 1. The van der Waals surface area contributed by atoms with Crippen molar-refractivity contribution in [2.24, 2.45) is 11.8 Å². The van der Waals surface area contributed by atoms with E-state index in [4.69, 9.17) is 4.42 Å². The molecule has 1 aliphatic rings. The molecule has 0 radical (unpaired) electrons. The van der Waals surface area contributed by atoms with Gasteiger partial charge in [0, 0.05) is 35.8 Å². The third kappa shape index (κ3) is 4.89. The molecular weight excluding hydrogens is 450 g/mol. The number of rotatable bonds is 6. The van der Waals surface area contributed by atoms with Gasteiger partial charge in [-0.3, -0.25) is 9.59 Å². The number of hydrogen-bond acceptors (Lipinski definition) is 4. The number of oxazole rings is 1. The summed E-state index contributed by atoms with van der Waals surface area (Å²) in [5.41, 5.74) is 4.87. The van der Waals surface area contributed by atoms with Gasteiger partial charge in [0.25, 0.3) is 5.91 Å². The molecule has 3 aromatic carbocycles. The maximum absolute atomic E-state index is 13.2. The summed E-state index contributed by atoms with van der Waals surface area (Å²) in [5, 5.41) is 3.11. The number of likely N-dealkylation sites (tertiary alicyclic amines) is 1. The summed E-state index contributed by atoms with van der Waals surface area (Å²) in [7, 11) is 0. The Labute approximate surface area is 211 Å². The standard InChI is InChI=1S/C30H31N3O3/c1-3-21-9-7-8-12-25(21)31-28(34)20(2)22-15-17-33(18-16-22)30(35)24-13-14-27-26(19-24)32-29(36-27)23-10-5-4-6-11-23/h4-14,19-20,22H,3,15-18H2,1-2H3,(H,31,34)/t20-/m1/s1. The molecule has 0 bridgehead atoms. The SMILES string of the molecule is CCc1ccccc1NC(=O)[C@H](C)C1CCN(C(=O)c2ccc3oc(-c4ccccc4)nc3c2)CC1. The molecule has 36 heavy (non-hydrogen) atoms. The number of aryl methyl sites for hydroxylation is 1. The molecule has 0 spiro atoms. The molecule has 6 heteroatoms. The minimum absolute atomic E-state index is 0.00594. The third-order valence-corrected chi connectivity index (χ3v) is 7.26. The molecular formula is C30H31N3O3. The zero-order valence-electron chi connectivity index (χ0n) is 20.7. The molecule has 1 atom stereocenters. The van der Waals surface area contributed by atoms with Crippen LogP contribution in [0.5, 0.6) is 0 Å². The molecule has 1 saturated heterocycles. The number of anilines is 1. The lowest BCUT2D eigenvalue weighted by Crippen LogP contribution is -2.41. The van der Waals surface area contributed by atoms with Gasteiger partial charge < -0.3 is 14.6 Å². The Balaban J connectivity index is 1.21. The van der Waals surface area contributed by atoms with Gasteiger partial charge >= 0.3 is 0 Å². The molecule has 0 aliphatic carbocycles. The first-order valence-electron chi connectivity index (χ1n) is 12.7. The minimum atomic E-state index is -0.116. The van der Waals surface area contributed by atoms with E-state index in [1.54, 1.807) is 12.1 Å². The normalized spacial score (nSPS) is 15.1. The Morgan fingerprint density at radius 1 is 1.03 bits per heavy atom. The van der Waals surface area contributed by atoms with Gasteiger partial charge in [-0.15, -0.1) is 0 Å². The Morgan fingerprint density at radius 2 is 1.75 bits per heavy atom. The minimum Gasteiger partial charge on any atom is -0.436 e. The predicted octanol–water partition coefficient (Wildman–Crippen LogP) is 6.18. The largest absolute Gasteiger partial charge is 0.436 e. The number of fused-ring (bicyclic) bond motifs is 1. The van der Waals surface area contributed by atoms with Crippen LogP contribution < -0.4 is 5.32 Å². The van der Waals surface area contributed by atoms with Crippen molar-refractivity contribution >= 4 is 28.6 Å². The Morgan fingerprint density at radius 3 is 2.50 bits per heavy atom. The molecule has 0 saturated carbocycles. The van der Waals surface area contributed by atoms with Crippen LogP contribution >= 0.6 is 0 Å². The number of para-hydroxylation sites is 1. The second-order valence-corrected chi connectivity index (χ2v) is 9.49. The van der Waals surface area contributed by atoms with Crippen LogP contribution in [0.3, 0.4) is 0 Å². The third-order valence-electron chi connectivity index (χ3n) is 7.26. The molecule has 184 valence electrons. The maximum atomic E-state index is 13.2. The van der Waals surface area contributed by atoms with Gasteiger partial charge in [-0.2, -0.15) is 0 Å². The van der Waals surface area contributed by atoms with E-state index in [9.17, 15) is 9.59 Å². The van der Waals surface area contributed by atoms with Crippen molar-refractivity contribution in [1.82, 2.24) is 9.88 Å². The van der Waals surface area contributed by atoms with E-state index >= 15 is 0 Å². The molecule has 5 rings (SSSR count). The molecule has 2 heterocycles. The summed E-state index contributed by atoms with van der Waals surface area (Å²) < 4.78 is 5.88. The van der Waals surface area contributed by atoms with Crippen LogP contribution in [0.1, 0.15) is 42.6 Å². The van der Waals surface area contributed by atoms with E-state index in [1.807, 2.05) is 72.5 Å². The molecule has 0 unspecified atom stereocenters. The summed E-state index contributed by atoms with van der Waals surface area (Å²) in [6, 6.07) is 23.1. The Bertz CT molecular complexity index is 1370. The molecule has 1 fully saturated rings. The van der Waals surface area contributed by atoms with Gasteiger partial charge in [0.15, 0.2) is 5.58 Å². The summed E-state index contributed by atoms with van der Waals surface area (Å²) in [6.45, 7) is 5.36. The lowest BCUT2D eigenvalue weighted by atomic mass is 9.84. The second-order valence-electron chi connectivity index (χ2n) is 9.49. The highest BCUT2D eigenvalue weighted by molar-refractivity contribution is 5.97. The van der Waals surface area contributed by atoms with Gasteiger partial charge in [-0.25, -0.2) is 4.98 Å². The van der Waals surface area contributed by atoms with Crippen molar-refractivity contribution in [2.75, 3.05) is 18.4 Å². The van der Waals surface area contributed by atoms with Crippen LogP contribution in [-0.4, -0.2) is 34.8 Å². The van der Waals surface area contributed by atoms with Gasteiger partial charge in [-0.05, 0) is 67.1 Å². The van der Waals surface area contributed by atoms with Crippen LogP contribution in [0.25, 0.3) is 22.6 Å². The molecule has 1 N–H and O–H groups in total. The number of piperidine rings is 1. The Kier molecular flexibility index (Phi) is 6.85. The summed E-state index contributed by atoms with van der Waals surface area (Å²) >= 11 is 0. The first-order chi connectivity index (χ1) is 17.5. The fourth-order valence-corrected chi connectivity index (χ4v) is 4.96. The first kappa shape index (κ1) is 23.8. The van der Waals surface area contributed by atoms with E-state index in [0.29, 0.717) is 35.6 Å². The zero-order valence-corrected chi connectivity index (χ0v) is 20.7. The average molecular weight is 482 g/mol. The van der Waals surface area contributed by atoms with Gasteiger partial charge in [0.05, 0.1) is 0 Å². The van der Waals surface area contributed by atoms with Crippen LogP contribution in [0.4, 0.5) is 5.69 Å². The van der Waals surface area contributed by atoms with Crippen molar-refractivity contribution in [3.05, 3.63) is 83.9 Å². The molecule has 1 aliphatic heterocycles. The number of nitrogens with zero attached hydrogens (tertiary/aromatic N) is 2. The van der Waals surface area contributed by atoms with E-state index in [0.717, 1.165) is 36.1 Å². The van der Waals surface area contributed by atoms with Crippen LogP contribution in [0.15, 0.2) is 77.2 Å². The number of nitrogens with one attached hydrogen (secondary N) is 1. The van der Waals surface area contributed by atoms with Crippen molar-refractivity contribution in [3.63, 3.8) is 0 Å². The highest BCUT2D eigenvalue weighted by Gasteiger charge is 2.30. The molecule has 2 amide bonds. The van der Waals surface area contributed by atoms with Crippen LogP contribution in [0, 0.1) is 11.8 Å². The highest BCUT2D eigenvalue weighted by Crippen LogP contribution is 2.29. The molecule has 4 aromatic rings. The van der Waals surface area contributed by atoms with Gasteiger partial charge in [0.2, 0.25) is 11.8 Å². The second kappa shape index (κ2) is 10.4. The van der Waals surface area contributed by atoms with Crippen molar-refractivity contribution in [2.45, 2.75) is 33.1 Å². The predicted molar refractivity (Wildman–Crippen MR) is 142 cm³/mol. The molecule has 6 nitrogen and oxygen atoms in total. The summed E-state index contributed by atoms with van der Waals surface area (Å²) in [5.74, 6) is 0.717. The fourth-order valence-electron chi connectivity index (χ4n) is 4.96. The van der Waals surface area contributed by atoms with Crippen molar-refractivity contribution < 1.29 is 14.0 Å². The van der Waals surface area contributed by atoms with Crippen LogP contribution in [-0.2, 0) is 11.2 Å². The quantitative estimate of drug-likeness (QED) is 0.357. The highest BCUT2D eigenvalue weighted by atomic mass is 16.3. The lowest BCUT2D eigenvalue weighted by molar-refractivity contribution is -0.121. The average Bonchev–Trinajstić information content (AvgIpc) is 3.37. The summed E-state index contributed by atoms with van der Waals surface area (Å²) in [4.78, 5) is 32.6. The fraction of sp³-hybridized carbons (Fsp3) is 0.300. The topological polar surface area (TPSA) is 75.4 Å². The van der Waals surface area contributed by atoms with E-state index in [1.165, 1.54) is 0 Å². The summed E-state index contributed by atoms with van der Waals surface area (Å²) in [6.07, 6.45) is 2.49.